The number of hydrogen-bond acceptors (Lipinski definition) is 0. The van der Waals surface area contributed by atoms with Gasteiger partial charge in [-0.15, -0.1) is 0 Å². The summed E-state index contributed by atoms with van der Waals surface area (Å²) < 4.78 is 0. The van der Waals surface area contributed by atoms with E-state index in [9.17, 15) is 0 Å². The minimum absolute atomic E-state index is 1.08. The lowest BCUT2D eigenvalue weighted by Crippen LogP contribution is -1.88. The highest BCUT2D eigenvalue weighted by Crippen LogP contribution is 2.15. The van der Waals surface area contributed by atoms with Gasteiger partial charge in [0.2, 0.25) is 0 Å². The van der Waals surface area contributed by atoms with Crippen molar-refractivity contribution in [3.63, 3.8) is 0 Å². The van der Waals surface area contributed by atoms with Crippen molar-refractivity contribution in [2.24, 2.45) is 0 Å². The average molecular weight is 431 g/mol. The Morgan fingerprint density at radius 1 is 0.469 bits per heavy atom. The molecule has 0 aliphatic carbocycles. The van der Waals surface area contributed by atoms with Gasteiger partial charge in [-0.1, -0.05) is 145 Å². The van der Waals surface area contributed by atoms with Crippen molar-refractivity contribution in [2.45, 2.75) is 116 Å². The second kappa shape index (κ2) is 18.6. The highest BCUT2D eigenvalue weighted by Gasteiger charge is 1.97. The van der Waals surface area contributed by atoms with E-state index in [1.165, 1.54) is 115 Å². The first-order chi connectivity index (χ1) is 15.9. The molecule has 2 aromatic rings. The summed E-state index contributed by atoms with van der Waals surface area (Å²) in [7, 11) is 0. The third-order valence-corrected chi connectivity index (χ3v) is 6.37. The number of benzene rings is 2. The zero-order valence-electron chi connectivity index (χ0n) is 20.7. The van der Waals surface area contributed by atoms with Gasteiger partial charge in [0.15, 0.2) is 0 Å². The van der Waals surface area contributed by atoms with Crippen LogP contribution in [0.3, 0.4) is 0 Å². The molecule has 0 N–H and O–H groups in total. The van der Waals surface area contributed by atoms with Crippen LogP contribution < -0.4 is 0 Å². The Bertz CT molecular complexity index is 746. The fraction of sp³-hybridized carbons (Fsp3) is 0.562. The maximum absolute atomic E-state index is 3.31. The predicted octanol–water partition coefficient (Wildman–Crippen LogP) is 9.89. The van der Waals surface area contributed by atoms with Gasteiger partial charge in [-0.3, -0.25) is 0 Å². The lowest BCUT2D eigenvalue weighted by Gasteiger charge is -2.04. The summed E-state index contributed by atoms with van der Waals surface area (Å²) in [5.41, 5.74) is 3.63. The van der Waals surface area contributed by atoms with Gasteiger partial charge in [-0.05, 0) is 42.7 Å². The first-order valence-corrected chi connectivity index (χ1v) is 13.5. The molecular formula is C32H46. The molecule has 0 unspecified atom stereocenters. The zero-order chi connectivity index (χ0) is 22.5. The maximum Gasteiger partial charge on any atom is 0.0251 e. The van der Waals surface area contributed by atoms with E-state index in [1.807, 2.05) is 18.2 Å². The van der Waals surface area contributed by atoms with Crippen molar-refractivity contribution < 1.29 is 0 Å². The van der Waals surface area contributed by atoms with Gasteiger partial charge in [0.25, 0.3) is 0 Å². The molecule has 0 fully saturated rings. The summed E-state index contributed by atoms with van der Waals surface area (Å²) in [4.78, 5) is 0. The molecule has 0 aromatic heterocycles. The highest BCUT2D eigenvalue weighted by molar-refractivity contribution is 5.43. The molecule has 2 rings (SSSR count). The topological polar surface area (TPSA) is 0 Å². The molecule has 0 atom stereocenters. The Kier molecular flexibility index (Phi) is 15.2. The monoisotopic (exact) mass is 430 g/mol. The van der Waals surface area contributed by atoms with E-state index >= 15 is 0 Å². The number of rotatable bonds is 17. The lowest BCUT2D eigenvalue weighted by atomic mass is 10.0. The van der Waals surface area contributed by atoms with E-state index < -0.39 is 0 Å². The van der Waals surface area contributed by atoms with Gasteiger partial charge in [0, 0.05) is 11.1 Å². The molecule has 0 saturated carbocycles. The van der Waals surface area contributed by atoms with Gasteiger partial charge < -0.3 is 0 Å². The van der Waals surface area contributed by atoms with Crippen LogP contribution in [0.1, 0.15) is 126 Å². The maximum atomic E-state index is 3.31. The van der Waals surface area contributed by atoms with Crippen molar-refractivity contribution in [3.05, 3.63) is 71.3 Å². The van der Waals surface area contributed by atoms with Gasteiger partial charge in [0.1, 0.15) is 0 Å². The van der Waals surface area contributed by atoms with Gasteiger partial charge in [-0.2, -0.15) is 0 Å². The Morgan fingerprint density at radius 3 is 1.50 bits per heavy atom. The molecule has 0 saturated heterocycles. The van der Waals surface area contributed by atoms with Crippen LogP contribution in [0.15, 0.2) is 54.6 Å². The van der Waals surface area contributed by atoms with Crippen molar-refractivity contribution >= 4 is 0 Å². The molecule has 0 amide bonds. The standard InChI is InChI=1S/C32H46/c1-2-3-4-5-6-7-8-9-10-11-12-13-14-15-16-18-24-31-25-21-26-32(29-31)28-27-30-22-19-17-20-23-30/h17,19-23,25-26,29H,2-16,18,24H2,1H3. The van der Waals surface area contributed by atoms with E-state index in [0.717, 1.165) is 11.1 Å². The van der Waals surface area contributed by atoms with Crippen molar-refractivity contribution in [1.29, 1.82) is 0 Å². The zero-order valence-corrected chi connectivity index (χ0v) is 20.7. The third kappa shape index (κ3) is 13.4. The summed E-state index contributed by atoms with van der Waals surface area (Å²) in [6.45, 7) is 2.30. The van der Waals surface area contributed by atoms with Crippen LogP contribution in [0.4, 0.5) is 0 Å². The summed E-state index contributed by atoms with van der Waals surface area (Å²) in [5.74, 6) is 6.57. The second-order valence-electron chi connectivity index (χ2n) is 9.37. The Morgan fingerprint density at radius 2 is 0.938 bits per heavy atom. The molecule has 0 heterocycles. The van der Waals surface area contributed by atoms with Gasteiger partial charge in [-0.25, -0.2) is 0 Å². The van der Waals surface area contributed by atoms with Crippen LogP contribution in [0.5, 0.6) is 0 Å². The quantitative estimate of drug-likeness (QED) is 0.173. The minimum atomic E-state index is 1.08. The predicted molar refractivity (Wildman–Crippen MR) is 142 cm³/mol. The van der Waals surface area contributed by atoms with E-state index in [1.54, 1.807) is 0 Å². The molecule has 0 aliphatic heterocycles. The molecule has 0 aliphatic rings. The molecule has 0 radical (unpaired) electrons. The Hall–Kier alpha value is -2.00. The molecule has 0 spiro atoms. The number of unbranched alkanes of at least 4 members (excludes halogenated alkanes) is 15. The second-order valence-corrected chi connectivity index (χ2v) is 9.37. The third-order valence-electron chi connectivity index (χ3n) is 6.37. The minimum Gasteiger partial charge on any atom is -0.0654 e. The van der Waals surface area contributed by atoms with Crippen molar-refractivity contribution in [3.8, 4) is 11.8 Å². The fourth-order valence-corrected chi connectivity index (χ4v) is 4.35. The first kappa shape index (κ1) is 26.3. The van der Waals surface area contributed by atoms with Crippen LogP contribution in [0, 0.1) is 11.8 Å². The van der Waals surface area contributed by atoms with E-state index in [2.05, 4.69) is 55.2 Å². The number of hydrogen-bond donors (Lipinski definition) is 0. The van der Waals surface area contributed by atoms with Crippen molar-refractivity contribution in [2.75, 3.05) is 0 Å². The largest absolute Gasteiger partial charge is 0.0654 e. The van der Waals surface area contributed by atoms with E-state index in [-0.39, 0.29) is 0 Å². The number of aryl methyl sites for hydroxylation is 1. The van der Waals surface area contributed by atoms with Crippen LogP contribution in [-0.4, -0.2) is 0 Å². The van der Waals surface area contributed by atoms with E-state index in [4.69, 9.17) is 0 Å². The Labute approximate surface area is 199 Å². The van der Waals surface area contributed by atoms with Crippen molar-refractivity contribution in [1.82, 2.24) is 0 Å². The summed E-state index contributed by atoms with van der Waals surface area (Å²) in [6.07, 6.45) is 24.0. The summed E-state index contributed by atoms with van der Waals surface area (Å²) in [6, 6.07) is 19.0. The summed E-state index contributed by atoms with van der Waals surface area (Å²) in [5, 5.41) is 0. The first-order valence-electron chi connectivity index (χ1n) is 13.5. The molecule has 0 nitrogen and oxygen atoms in total. The van der Waals surface area contributed by atoms with Crippen LogP contribution in [0.2, 0.25) is 0 Å². The van der Waals surface area contributed by atoms with Gasteiger partial charge >= 0.3 is 0 Å². The lowest BCUT2D eigenvalue weighted by molar-refractivity contribution is 0.529. The highest BCUT2D eigenvalue weighted by atomic mass is 14.0. The smallest absolute Gasteiger partial charge is 0.0251 e. The summed E-state index contributed by atoms with van der Waals surface area (Å²) >= 11 is 0. The van der Waals surface area contributed by atoms with Crippen LogP contribution >= 0.6 is 0 Å². The molecule has 2 aromatic carbocycles. The van der Waals surface area contributed by atoms with E-state index in [0.29, 0.717) is 0 Å². The van der Waals surface area contributed by atoms with Crippen LogP contribution in [0.25, 0.3) is 0 Å². The SMILES string of the molecule is CCCCCCCCCCCCCCCCCCc1cccc(C#Cc2ccccc2)c1. The Balaban J connectivity index is 1.43. The normalized spacial score (nSPS) is 10.7. The molecule has 0 heteroatoms. The molecular weight excluding hydrogens is 384 g/mol. The van der Waals surface area contributed by atoms with Gasteiger partial charge in [0.05, 0.1) is 0 Å². The van der Waals surface area contributed by atoms with Crippen LogP contribution in [-0.2, 0) is 6.42 Å². The average Bonchev–Trinajstić information content (AvgIpc) is 2.83. The molecule has 0 bridgehead atoms. The molecule has 32 heavy (non-hydrogen) atoms. The molecule has 174 valence electrons. The fourth-order valence-electron chi connectivity index (χ4n) is 4.35.